The summed E-state index contributed by atoms with van der Waals surface area (Å²) in [7, 11) is 0. The van der Waals surface area contributed by atoms with E-state index >= 15 is 0 Å². The second kappa shape index (κ2) is 6.78. The summed E-state index contributed by atoms with van der Waals surface area (Å²) in [4.78, 5) is 31.6. The Kier molecular flexibility index (Phi) is 4.55. The number of hydrogen-bond acceptors (Lipinski definition) is 4. The fourth-order valence-corrected chi connectivity index (χ4v) is 3.60. The van der Waals surface area contributed by atoms with Crippen molar-refractivity contribution in [2.45, 2.75) is 37.5 Å². The Morgan fingerprint density at radius 3 is 2.38 bits per heavy atom. The van der Waals surface area contributed by atoms with Crippen LogP contribution in [0.2, 0.25) is 0 Å². The molecule has 2 atom stereocenters. The second-order valence-electron chi connectivity index (χ2n) is 6.15. The molecule has 0 radical (unpaired) electrons. The third-order valence-corrected chi connectivity index (χ3v) is 4.69. The van der Waals surface area contributed by atoms with Crippen LogP contribution in [-0.2, 0) is 0 Å². The number of rotatable bonds is 4. The van der Waals surface area contributed by atoms with Gasteiger partial charge in [0.1, 0.15) is 11.4 Å². The molecule has 2 aromatic heterocycles. The van der Waals surface area contributed by atoms with E-state index in [9.17, 15) is 9.59 Å². The van der Waals surface area contributed by atoms with Crippen LogP contribution in [0, 0.1) is 0 Å². The Morgan fingerprint density at radius 1 is 1.00 bits per heavy atom. The van der Waals surface area contributed by atoms with Gasteiger partial charge in [-0.05, 0) is 47.9 Å². The first-order valence-corrected chi connectivity index (χ1v) is 8.08. The van der Waals surface area contributed by atoms with E-state index < -0.39 is 11.8 Å². The number of carbonyl (C=O) groups excluding carboxylic acids is 2. The zero-order valence-electron chi connectivity index (χ0n) is 13.3. The molecule has 0 unspecified atom stereocenters. The number of nitrogens with zero attached hydrogens (tertiary/aromatic N) is 2. The summed E-state index contributed by atoms with van der Waals surface area (Å²) >= 11 is 0. The van der Waals surface area contributed by atoms with E-state index in [0.717, 1.165) is 36.8 Å². The summed E-state index contributed by atoms with van der Waals surface area (Å²) in [5.74, 6) is -0.924. The largest absolute Gasteiger partial charge is 0.364 e. The average Bonchev–Trinajstić information content (AvgIpc) is 2.62. The fraction of sp³-hybridized carbons (Fsp3) is 0.333. The summed E-state index contributed by atoms with van der Waals surface area (Å²) in [6.07, 6.45) is 7.80. The summed E-state index contributed by atoms with van der Waals surface area (Å²) in [6, 6.07) is 7.32. The van der Waals surface area contributed by atoms with Crippen LogP contribution in [0.25, 0.3) is 0 Å². The molecule has 1 fully saturated rings. The number of amides is 2. The van der Waals surface area contributed by atoms with Crippen LogP contribution in [0.4, 0.5) is 0 Å². The number of nitrogens with two attached hydrogens (primary N) is 2. The van der Waals surface area contributed by atoms with E-state index in [1.165, 1.54) is 0 Å². The van der Waals surface area contributed by atoms with Crippen molar-refractivity contribution in [3.05, 3.63) is 59.2 Å². The molecular formula is C18H20N4O2. The van der Waals surface area contributed by atoms with E-state index in [1.807, 2.05) is 12.3 Å². The Morgan fingerprint density at radius 2 is 1.75 bits per heavy atom. The van der Waals surface area contributed by atoms with E-state index in [2.05, 4.69) is 16.0 Å². The van der Waals surface area contributed by atoms with Crippen LogP contribution in [0.15, 0.2) is 36.7 Å². The fourth-order valence-electron chi connectivity index (χ4n) is 3.60. The smallest absolute Gasteiger partial charge is 0.267 e. The predicted molar refractivity (Wildman–Crippen MR) is 89.5 cm³/mol. The first-order valence-electron chi connectivity index (χ1n) is 8.08. The number of aromatic nitrogens is 2. The zero-order valence-corrected chi connectivity index (χ0v) is 13.3. The predicted octanol–water partition coefficient (Wildman–Crippen LogP) is 2.12. The third kappa shape index (κ3) is 3.13. The molecule has 0 spiro atoms. The molecule has 1 saturated carbocycles. The lowest BCUT2D eigenvalue weighted by molar-refractivity contribution is 0.0990. The minimum Gasteiger partial charge on any atom is -0.364 e. The first-order chi connectivity index (χ1) is 11.6. The molecule has 1 aliphatic carbocycles. The summed E-state index contributed by atoms with van der Waals surface area (Å²) < 4.78 is 0. The van der Waals surface area contributed by atoms with Gasteiger partial charge in [0.05, 0.1) is 0 Å². The Balaban J connectivity index is 2.05. The van der Waals surface area contributed by atoms with Gasteiger partial charge in [-0.2, -0.15) is 0 Å². The molecule has 0 aromatic carbocycles. The maximum absolute atomic E-state index is 11.9. The molecule has 0 bridgehead atoms. The quantitative estimate of drug-likeness (QED) is 0.897. The molecule has 124 valence electrons. The first kappa shape index (κ1) is 16.1. The average molecular weight is 324 g/mol. The third-order valence-electron chi connectivity index (χ3n) is 4.69. The van der Waals surface area contributed by atoms with Gasteiger partial charge in [-0.25, -0.2) is 4.98 Å². The molecule has 6 heteroatoms. The van der Waals surface area contributed by atoms with Crippen LogP contribution >= 0.6 is 0 Å². The maximum atomic E-state index is 11.9. The normalized spacial score (nSPS) is 20.5. The van der Waals surface area contributed by atoms with Gasteiger partial charge in [0.25, 0.3) is 11.8 Å². The van der Waals surface area contributed by atoms with E-state index in [0.29, 0.717) is 0 Å². The van der Waals surface area contributed by atoms with Gasteiger partial charge in [-0.3, -0.25) is 14.6 Å². The summed E-state index contributed by atoms with van der Waals surface area (Å²) in [6.45, 7) is 0. The molecule has 4 N–H and O–H groups in total. The van der Waals surface area contributed by atoms with E-state index in [-0.39, 0.29) is 23.2 Å². The lowest BCUT2D eigenvalue weighted by Gasteiger charge is -2.32. The molecule has 2 heterocycles. The molecular weight excluding hydrogens is 304 g/mol. The van der Waals surface area contributed by atoms with Gasteiger partial charge in [-0.1, -0.05) is 25.0 Å². The minimum absolute atomic E-state index is 0.0567. The maximum Gasteiger partial charge on any atom is 0.267 e. The standard InChI is InChI=1S/C18H20N4O2/c19-17(23)15-8-7-14(16(22-15)18(20)24)13-6-2-1-5-12(13)11-4-3-9-21-10-11/h3-4,7-10,12-13H,1-2,5-6H2,(H2,19,23)(H2,20,24)/t12-,13-/m1/s1. The molecule has 0 saturated heterocycles. The minimum atomic E-state index is -0.670. The number of carbonyl (C=O) groups is 2. The molecule has 24 heavy (non-hydrogen) atoms. The zero-order chi connectivity index (χ0) is 17.1. The highest BCUT2D eigenvalue weighted by molar-refractivity contribution is 5.96. The van der Waals surface area contributed by atoms with Crippen molar-refractivity contribution in [3.63, 3.8) is 0 Å². The van der Waals surface area contributed by atoms with Crippen LogP contribution in [-0.4, -0.2) is 21.8 Å². The van der Waals surface area contributed by atoms with Crippen molar-refractivity contribution in [1.82, 2.24) is 9.97 Å². The molecule has 2 aromatic rings. The SMILES string of the molecule is NC(=O)c1ccc([C@@H]2CCCC[C@@H]2c2cccnc2)c(C(N)=O)n1. The second-order valence-corrected chi connectivity index (χ2v) is 6.15. The molecule has 1 aliphatic rings. The molecule has 3 rings (SSSR count). The molecule has 0 aliphatic heterocycles. The van der Waals surface area contributed by atoms with Crippen LogP contribution in [0.5, 0.6) is 0 Å². The lowest BCUT2D eigenvalue weighted by atomic mass is 9.72. The van der Waals surface area contributed by atoms with Gasteiger partial charge >= 0.3 is 0 Å². The van der Waals surface area contributed by atoms with Crippen LogP contribution in [0.3, 0.4) is 0 Å². The van der Waals surface area contributed by atoms with Crippen molar-refractivity contribution in [2.75, 3.05) is 0 Å². The van der Waals surface area contributed by atoms with E-state index in [4.69, 9.17) is 11.5 Å². The number of hydrogen-bond donors (Lipinski definition) is 2. The van der Waals surface area contributed by atoms with Gasteiger partial charge in [-0.15, -0.1) is 0 Å². The van der Waals surface area contributed by atoms with Gasteiger partial charge in [0.2, 0.25) is 0 Å². The van der Waals surface area contributed by atoms with Crippen molar-refractivity contribution < 1.29 is 9.59 Å². The summed E-state index contributed by atoms with van der Waals surface area (Å²) in [5, 5.41) is 0. The highest BCUT2D eigenvalue weighted by atomic mass is 16.1. The Labute approximate surface area is 140 Å². The van der Waals surface area contributed by atoms with Gasteiger partial charge in [0.15, 0.2) is 0 Å². The van der Waals surface area contributed by atoms with Crippen LogP contribution < -0.4 is 11.5 Å². The monoisotopic (exact) mass is 324 g/mol. The molecule has 6 nitrogen and oxygen atoms in total. The van der Waals surface area contributed by atoms with Gasteiger partial charge in [0, 0.05) is 12.4 Å². The Bertz CT molecular complexity index is 761. The lowest BCUT2D eigenvalue weighted by Crippen LogP contribution is -2.24. The van der Waals surface area contributed by atoms with E-state index in [1.54, 1.807) is 18.3 Å². The van der Waals surface area contributed by atoms with Crippen molar-refractivity contribution >= 4 is 11.8 Å². The van der Waals surface area contributed by atoms with Crippen molar-refractivity contribution in [3.8, 4) is 0 Å². The van der Waals surface area contributed by atoms with Crippen molar-refractivity contribution in [2.24, 2.45) is 11.5 Å². The highest BCUT2D eigenvalue weighted by Gasteiger charge is 2.31. The Hall–Kier alpha value is -2.76. The topological polar surface area (TPSA) is 112 Å². The van der Waals surface area contributed by atoms with Crippen molar-refractivity contribution in [1.29, 1.82) is 0 Å². The molecule has 2 amide bonds. The summed E-state index contributed by atoms with van der Waals surface area (Å²) in [5.41, 5.74) is 12.9. The highest BCUT2D eigenvalue weighted by Crippen LogP contribution is 2.44. The number of primary amides is 2. The van der Waals surface area contributed by atoms with Crippen LogP contribution in [0.1, 0.15) is 69.6 Å². The van der Waals surface area contributed by atoms with Gasteiger partial charge < -0.3 is 11.5 Å². The number of pyridine rings is 2.